The molecular formula is C24H17ClN4OS. The predicted octanol–water partition coefficient (Wildman–Crippen LogP) is 6.05. The summed E-state index contributed by atoms with van der Waals surface area (Å²) in [6.07, 6.45) is 3.26. The molecule has 0 fully saturated rings. The van der Waals surface area contributed by atoms with E-state index in [1.165, 1.54) is 11.3 Å². The van der Waals surface area contributed by atoms with Gasteiger partial charge in [-0.2, -0.15) is 0 Å². The van der Waals surface area contributed by atoms with Crippen molar-refractivity contribution in [2.75, 3.05) is 4.90 Å². The molecule has 0 N–H and O–H groups in total. The van der Waals surface area contributed by atoms with Gasteiger partial charge in [0.05, 0.1) is 32.8 Å². The van der Waals surface area contributed by atoms with E-state index in [0.29, 0.717) is 27.8 Å². The summed E-state index contributed by atoms with van der Waals surface area (Å²) in [4.78, 5) is 28.8. The highest BCUT2D eigenvalue weighted by Crippen LogP contribution is 2.36. The van der Waals surface area contributed by atoms with E-state index in [9.17, 15) is 4.79 Å². The smallest absolute Gasteiger partial charge is 0.260 e. The highest BCUT2D eigenvalue weighted by Gasteiger charge is 2.23. The molecular weight excluding hydrogens is 428 g/mol. The monoisotopic (exact) mass is 444 g/mol. The van der Waals surface area contributed by atoms with Gasteiger partial charge in [0, 0.05) is 18.0 Å². The minimum atomic E-state index is -0.149. The lowest BCUT2D eigenvalue weighted by Crippen LogP contribution is -2.30. The van der Waals surface area contributed by atoms with Crippen LogP contribution < -0.4 is 4.90 Å². The van der Waals surface area contributed by atoms with E-state index < -0.39 is 0 Å². The molecule has 31 heavy (non-hydrogen) atoms. The topological polar surface area (TPSA) is 59.0 Å². The summed E-state index contributed by atoms with van der Waals surface area (Å²) in [6, 6.07) is 19.1. The molecule has 0 spiro atoms. The fraction of sp³-hybridized carbons (Fsp3) is 0.0833. The Kier molecular flexibility index (Phi) is 5.10. The molecule has 0 unspecified atom stereocenters. The van der Waals surface area contributed by atoms with Gasteiger partial charge in [-0.05, 0) is 42.3 Å². The van der Waals surface area contributed by atoms with Crippen LogP contribution in [-0.4, -0.2) is 20.9 Å². The molecule has 7 heteroatoms. The zero-order valence-corrected chi connectivity index (χ0v) is 18.2. The second-order valence-corrected chi connectivity index (χ2v) is 8.56. The normalized spacial score (nSPS) is 11.2. The molecule has 0 radical (unpaired) electrons. The molecule has 0 bridgehead atoms. The van der Waals surface area contributed by atoms with Crippen LogP contribution in [0.4, 0.5) is 5.13 Å². The Bertz CT molecular complexity index is 1380. The number of aromatic nitrogens is 3. The zero-order valence-electron chi connectivity index (χ0n) is 16.6. The second-order valence-electron chi connectivity index (χ2n) is 7.18. The Balaban J connectivity index is 1.62. The minimum Gasteiger partial charge on any atom is -0.279 e. The molecule has 0 aliphatic rings. The number of carbonyl (C=O) groups excluding carboxylic acids is 1. The highest BCUT2D eigenvalue weighted by atomic mass is 35.5. The Morgan fingerprint density at radius 3 is 2.55 bits per heavy atom. The number of fused-ring (bicyclic) bond motifs is 2. The van der Waals surface area contributed by atoms with Gasteiger partial charge in [-0.3, -0.25) is 19.7 Å². The quantitative estimate of drug-likeness (QED) is 0.338. The molecule has 1 amide bonds. The Hall–Kier alpha value is -3.35. The van der Waals surface area contributed by atoms with E-state index >= 15 is 0 Å². The molecule has 2 heterocycles. The van der Waals surface area contributed by atoms with Crippen molar-refractivity contribution in [2.45, 2.75) is 13.5 Å². The van der Waals surface area contributed by atoms with Gasteiger partial charge >= 0.3 is 0 Å². The van der Waals surface area contributed by atoms with Gasteiger partial charge in [0.1, 0.15) is 0 Å². The second kappa shape index (κ2) is 8.06. The fourth-order valence-electron chi connectivity index (χ4n) is 3.45. The molecule has 5 nitrogen and oxygen atoms in total. The van der Waals surface area contributed by atoms with Gasteiger partial charge in [-0.15, -0.1) is 0 Å². The fourth-order valence-corrected chi connectivity index (χ4v) is 4.76. The number of aryl methyl sites for hydroxylation is 1. The van der Waals surface area contributed by atoms with E-state index in [0.717, 1.165) is 26.9 Å². The summed E-state index contributed by atoms with van der Waals surface area (Å²) >= 11 is 7.85. The summed E-state index contributed by atoms with van der Waals surface area (Å²) in [7, 11) is 0. The van der Waals surface area contributed by atoms with Crippen molar-refractivity contribution in [3.8, 4) is 0 Å². The van der Waals surface area contributed by atoms with E-state index in [-0.39, 0.29) is 5.91 Å². The molecule has 2 aromatic heterocycles. The van der Waals surface area contributed by atoms with E-state index in [4.69, 9.17) is 16.6 Å². The molecule has 0 saturated heterocycles. The van der Waals surface area contributed by atoms with Crippen LogP contribution in [0.1, 0.15) is 21.5 Å². The number of hydrogen-bond donors (Lipinski definition) is 0. The number of halogens is 1. The lowest BCUT2D eigenvalue weighted by molar-refractivity contribution is 0.0985. The molecule has 5 aromatic rings. The van der Waals surface area contributed by atoms with Crippen LogP contribution in [0.5, 0.6) is 0 Å². The predicted molar refractivity (Wildman–Crippen MR) is 126 cm³/mol. The summed E-state index contributed by atoms with van der Waals surface area (Å²) in [6.45, 7) is 2.39. The van der Waals surface area contributed by atoms with Gasteiger partial charge in [-0.25, -0.2) is 4.98 Å². The maximum absolute atomic E-state index is 13.7. The summed E-state index contributed by atoms with van der Waals surface area (Å²) in [5.74, 6) is -0.149. The average Bonchev–Trinajstić information content (AvgIpc) is 3.26. The van der Waals surface area contributed by atoms with Gasteiger partial charge in [-0.1, -0.05) is 59.3 Å². The van der Waals surface area contributed by atoms with Crippen LogP contribution in [0, 0.1) is 6.92 Å². The summed E-state index contributed by atoms with van der Waals surface area (Å²) in [5, 5.41) is 1.25. The number of thiazole rings is 1. The minimum absolute atomic E-state index is 0.149. The molecule has 0 aliphatic carbocycles. The lowest BCUT2D eigenvalue weighted by Gasteiger charge is -2.20. The SMILES string of the molecule is Cc1ccc(Cl)c2sc(N(Cc3ccccc3)C(=O)c3ccc4nccnc4c3)nc12. The third-order valence-electron chi connectivity index (χ3n) is 5.06. The van der Waals surface area contributed by atoms with Crippen LogP contribution in [0.3, 0.4) is 0 Å². The third kappa shape index (κ3) is 3.76. The number of rotatable bonds is 4. The maximum Gasteiger partial charge on any atom is 0.260 e. The van der Waals surface area contributed by atoms with E-state index in [2.05, 4.69) is 9.97 Å². The Morgan fingerprint density at radius 2 is 1.77 bits per heavy atom. The Labute approximate surface area is 188 Å². The van der Waals surface area contributed by atoms with Gasteiger partial charge in [0.2, 0.25) is 0 Å². The largest absolute Gasteiger partial charge is 0.279 e. The standard InChI is InChI=1S/C24H17ClN4OS/c1-15-7-9-18(25)22-21(15)28-24(31-22)29(14-16-5-3-2-4-6-16)23(30)17-8-10-19-20(13-17)27-12-11-26-19/h2-13H,14H2,1H3. The molecule has 0 saturated carbocycles. The van der Waals surface area contributed by atoms with Crippen LogP contribution in [0.2, 0.25) is 5.02 Å². The maximum atomic E-state index is 13.7. The first-order valence-corrected chi connectivity index (χ1v) is 10.9. The number of nitrogens with zero attached hydrogens (tertiary/aromatic N) is 4. The average molecular weight is 445 g/mol. The van der Waals surface area contributed by atoms with Gasteiger partial charge in [0.25, 0.3) is 5.91 Å². The molecule has 152 valence electrons. The van der Waals surface area contributed by atoms with Crippen molar-refractivity contribution in [3.05, 3.63) is 94.8 Å². The Morgan fingerprint density at radius 1 is 1.00 bits per heavy atom. The first-order chi connectivity index (χ1) is 15.1. The van der Waals surface area contributed by atoms with Crippen molar-refractivity contribution in [1.82, 2.24) is 15.0 Å². The summed E-state index contributed by atoms with van der Waals surface area (Å²) < 4.78 is 0.881. The third-order valence-corrected chi connectivity index (χ3v) is 6.60. The first kappa shape index (κ1) is 19.6. The van der Waals surface area contributed by atoms with Crippen LogP contribution in [0.25, 0.3) is 21.3 Å². The number of amides is 1. The molecule has 5 rings (SSSR count). The highest BCUT2D eigenvalue weighted by molar-refractivity contribution is 7.23. The number of carbonyl (C=O) groups is 1. The van der Waals surface area contributed by atoms with E-state index in [1.807, 2.05) is 55.5 Å². The van der Waals surface area contributed by atoms with E-state index in [1.54, 1.807) is 29.4 Å². The zero-order chi connectivity index (χ0) is 21.4. The molecule has 0 aliphatic heterocycles. The van der Waals surface area contributed by atoms with Crippen molar-refractivity contribution >= 4 is 55.2 Å². The molecule has 0 atom stereocenters. The van der Waals surface area contributed by atoms with Crippen LogP contribution in [0.15, 0.2) is 73.1 Å². The van der Waals surface area contributed by atoms with Crippen molar-refractivity contribution in [3.63, 3.8) is 0 Å². The number of hydrogen-bond acceptors (Lipinski definition) is 5. The first-order valence-electron chi connectivity index (χ1n) is 9.72. The van der Waals surface area contributed by atoms with Crippen molar-refractivity contribution < 1.29 is 4.79 Å². The van der Waals surface area contributed by atoms with Gasteiger partial charge in [0.15, 0.2) is 5.13 Å². The summed E-state index contributed by atoms with van der Waals surface area (Å²) in [5.41, 5.74) is 4.81. The van der Waals surface area contributed by atoms with Gasteiger partial charge < -0.3 is 0 Å². The molecule has 3 aromatic carbocycles. The number of anilines is 1. The lowest BCUT2D eigenvalue weighted by atomic mass is 10.1. The van der Waals surface area contributed by atoms with Crippen molar-refractivity contribution in [2.24, 2.45) is 0 Å². The number of benzene rings is 3. The van der Waals surface area contributed by atoms with Crippen molar-refractivity contribution in [1.29, 1.82) is 0 Å². The van der Waals surface area contributed by atoms with Crippen LogP contribution >= 0.6 is 22.9 Å². The van der Waals surface area contributed by atoms with Crippen LogP contribution in [-0.2, 0) is 6.54 Å².